The van der Waals surface area contributed by atoms with Gasteiger partial charge in [-0.1, -0.05) is 19.1 Å². The van der Waals surface area contributed by atoms with Crippen molar-refractivity contribution < 1.29 is 41.1 Å². The Balaban J connectivity index is 1.11. The van der Waals surface area contributed by atoms with Crippen LogP contribution in [0.2, 0.25) is 0 Å². The normalized spacial score (nSPS) is 19.7. The Bertz CT molecular complexity index is 2630. The second-order valence-electron chi connectivity index (χ2n) is 17.2. The highest BCUT2D eigenvalue weighted by Crippen LogP contribution is 2.50. The van der Waals surface area contributed by atoms with E-state index < -0.39 is 50.0 Å². The van der Waals surface area contributed by atoms with Crippen LogP contribution in [0.5, 0.6) is 0 Å². The van der Waals surface area contributed by atoms with Crippen LogP contribution in [-0.2, 0) is 22.6 Å². The number of halogens is 5. The minimum atomic E-state index is -2.77. The number of nitrogens with one attached hydrogen (secondary N) is 1. The average molecular weight is 905 g/mol. The van der Waals surface area contributed by atoms with Crippen molar-refractivity contribution in [2.75, 3.05) is 43.0 Å². The number of fused-ring (bicyclic) bond motifs is 2. The highest BCUT2D eigenvalue weighted by Gasteiger charge is 2.40. The lowest BCUT2D eigenvalue weighted by Crippen LogP contribution is -2.34. The molecule has 5 heterocycles. The number of aromatic amines is 1. The van der Waals surface area contributed by atoms with E-state index in [-0.39, 0.29) is 52.9 Å². The maximum atomic E-state index is 16.9. The monoisotopic (exact) mass is 904 g/mol. The molecule has 0 aliphatic carbocycles. The molecule has 1 amide bonds. The first kappa shape index (κ1) is 44.0. The van der Waals surface area contributed by atoms with E-state index in [1.165, 1.54) is 41.0 Å². The third kappa shape index (κ3) is 8.56. The smallest absolute Gasteiger partial charge is 0.328 e. The molecule has 0 spiro atoms. The Hall–Kier alpha value is -5.19. The van der Waals surface area contributed by atoms with Crippen molar-refractivity contribution >= 4 is 48.5 Å². The maximum absolute atomic E-state index is 16.9. The molecule has 0 bridgehead atoms. The van der Waals surface area contributed by atoms with Gasteiger partial charge in [-0.3, -0.25) is 14.2 Å². The molecule has 3 saturated heterocycles. The van der Waals surface area contributed by atoms with Gasteiger partial charge in [0.25, 0.3) is 0 Å². The zero-order valence-corrected chi connectivity index (χ0v) is 36.4. The van der Waals surface area contributed by atoms with Crippen LogP contribution in [0.4, 0.5) is 33.3 Å². The zero-order valence-electron chi connectivity index (χ0n) is 35.5. The highest BCUT2D eigenvalue weighted by atomic mass is 31.2. The van der Waals surface area contributed by atoms with Crippen LogP contribution in [0.15, 0.2) is 60.7 Å². The van der Waals surface area contributed by atoms with E-state index in [2.05, 4.69) is 16.8 Å². The quantitative estimate of drug-likeness (QED) is 0.0557. The van der Waals surface area contributed by atoms with Crippen molar-refractivity contribution in [3.05, 3.63) is 118 Å². The van der Waals surface area contributed by atoms with E-state index in [9.17, 15) is 19.0 Å². The summed E-state index contributed by atoms with van der Waals surface area (Å²) < 4.78 is 86.8. The summed E-state index contributed by atoms with van der Waals surface area (Å²) in [4.78, 5) is 51.1. The number of hydrogen-bond acceptors (Lipinski definition) is 9. The van der Waals surface area contributed by atoms with E-state index in [1.54, 1.807) is 39.0 Å². The molecule has 3 aliphatic heterocycles. The Kier molecular flexibility index (Phi) is 12.6. The third-order valence-electron chi connectivity index (χ3n) is 13.2. The lowest BCUT2D eigenvalue weighted by molar-refractivity contribution is -0.119. The SMILES string of the molecule is CCCN(C)Cc1nc2cc(C3CC[C@H](c4cc5nc(C6CCCN6C=O)n(COP(O)O)c5cc4F)N3c3cc(F)c(N4CCC(c5ccc(F)cc5)CC4)c(F)c3)c(F)cc2[nH]1. The van der Waals surface area contributed by atoms with Crippen LogP contribution in [0, 0.1) is 29.1 Å². The number of aromatic nitrogens is 4. The minimum Gasteiger partial charge on any atom is -0.367 e. The number of likely N-dealkylation sites (tertiary alicyclic amines) is 1. The first-order valence-corrected chi connectivity index (χ1v) is 22.9. The second kappa shape index (κ2) is 18.4. The number of amides is 1. The number of H-pyrrole nitrogens is 1. The molecule has 2 unspecified atom stereocenters. The molecule has 2 aromatic heterocycles. The van der Waals surface area contributed by atoms with E-state index in [0.29, 0.717) is 86.5 Å². The summed E-state index contributed by atoms with van der Waals surface area (Å²) >= 11 is 0. The van der Waals surface area contributed by atoms with Crippen LogP contribution < -0.4 is 9.80 Å². The molecule has 338 valence electrons. The molecular weight excluding hydrogens is 855 g/mol. The number of benzene rings is 4. The Morgan fingerprint density at radius 1 is 0.828 bits per heavy atom. The van der Waals surface area contributed by atoms with Gasteiger partial charge in [-0.05, 0) is 112 Å². The van der Waals surface area contributed by atoms with Gasteiger partial charge in [-0.2, -0.15) is 0 Å². The molecule has 4 aromatic carbocycles. The molecule has 64 heavy (non-hydrogen) atoms. The number of hydrogen-bond donors (Lipinski definition) is 3. The average Bonchev–Trinajstić information content (AvgIpc) is 4.07. The number of carbonyl (C=O) groups is 1. The number of rotatable bonds is 14. The van der Waals surface area contributed by atoms with Crippen molar-refractivity contribution in [1.29, 1.82) is 0 Å². The zero-order chi connectivity index (χ0) is 44.8. The predicted molar refractivity (Wildman–Crippen MR) is 234 cm³/mol. The van der Waals surface area contributed by atoms with Crippen LogP contribution >= 0.6 is 8.60 Å². The fourth-order valence-corrected chi connectivity index (χ4v) is 10.4. The van der Waals surface area contributed by atoms with Crippen molar-refractivity contribution in [3.63, 3.8) is 0 Å². The molecule has 3 aliphatic rings. The summed E-state index contributed by atoms with van der Waals surface area (Å²) in [5.41, 5.74) is 2.93. The number of imidazole rings is 2. The number of piperidine rings is 1. The summed E-state index contributed by atoms with van der Waals surface area (Å²) in [6.07, 6.45) is 4.73. The molecule has 12 nitrogen and oxygen atoms in total. The summed E-state index contributed by atoms with van der Waals surface area (Å²) in [7, 11) is -0.796. The van der Waals surface area contributed by atoms with Gasteiger partial charge in [0.05, 0.1) is 46.7 Å². The molecule has 18 heteroatoms. The first-order valence-electron chi connectivity index (χ1n) is 21.8. The van der Waals surface area contributed by atoms with Gasteiger partial charge in [0.2, 0.25) is 6.41 Å². The first-order chi connectivity index (χ1) is 30.9. The molecule has 0 radical (unpaired) electrons. The molecule has 3 atom stereocenters. The molecule has 9 rings (SSSR count). The third-order valence-corrected chi connectivity index (χ3v) is 13.5. The van der Waals surface area contributed by atoms with E-state index in [4.69, 9.17) is 14.5 Å². The Morgan fingerprint density at radius 2 is 1.50 bits per heavy atom. The number of anilines is 2. The summed E-state index contributed by atoms with van der Waals surface area (Å²) in [5, 5.41) is 0. The molecule has 0 saturated carbocycles. The maximum Gasteiger partial charge on any atom is 0.328 e. The standard InChI is InChI=1S/C46H50F5N8O4P/c1-3-14-55(2)24-44-52-37-20-31(33(48)22-38(37)53-44)40-10-11-41(32-21-39-43(23-34(32)49)58(26-63-64(61)62)46(54-39)42-5-4-15-57(42)25-60)59(40)30-18-35(50)45(36(51)19-30)56-16-12-28(13-17-56)27-6-8-29(47)9-7-27/h6-9,18-23,25,28,40-42,61-62H,3-5,10-17,24,26H2,1-2H3,(H,52,53)/t40?,41-,42?/m1/s1. The summed E-state index contributed by atoms with van der Waals surface area (Å²) in [6.45, 7) is 4.29. The minimum absolute atomic E-state index is 0.0989. The summed E-state index contributed by atoms with van der Waals surface area (Å²) in [5.74, 6) is -2.03. The van der Waals surface area contributed by atoms with Crippen LogP contribution in [0.3, 0.4) is 0 Å². The van der Waals surface area contributed by atoms with Gasteiger partial charge in [0, 0.05) is 42.5 Å². The fraction of sp³-hybridized carbons (Fsp3) is 0.413. The van der Waals surface area contributed by atoms with Gasteiger partial charge in [0.15, 0.2) is 11.6 Å². The predicted octanol–water partition coefficient (Wildman–Crippen LogP) is 9.40. The van der Waals surface area contributed by atoms with Crippen LogP contribution in [0.1, 0.15) is 104 Å². The molecule has 3 N–H and O–H groups in total. The largest absolute Gasteiger partial charge is 0.367 e. The Morgan fingerprint density at radius 3 is 2.16 bits per heavy atom. The van der Waals surface area contributed by atoms with E-state index in [0.717, 1.165) is 24.9 Å². The van der Waals surface area contributed by atoms with E-state index in [1.807, 2.05) is 7.05 Å². The topological polar surface area (TPSA) is 126 Å². The lowest BCUT2D eigenvalue weighted by Gasteiger charge is -2.36. The van der Waals surface area contributed by atoms with Crippen molar-refractivity contribution in [2.45, 2.75) is 89.2 Å². The van der Waals surface area contributed by atoms with E-state index >= 15 is 17.6 Å². The van der Waals surface area contributed by atoms with Crippen molar-refractivity contribution in [1.82, 2.24) is 29.3 Å². The van der Waals surface area contributed by atoms with Crippen LogP contribution in [0.25, 0.3) is 22.1 Å². The molecular formula is C46H50F5N8O4P. The van der Waals surface area contributed by atoms with Gasteiger partial charge < -0.3 is 34.0 Å². The number of nitrogens with zero attached hydrogens (tertiary/aromatic N) is 7. The second-order valence-corrected chi connectivity index (χ2v) is 17.9. The van der Waals surface area contributed by atoms with Gasteiger partial charge in [0.1, 0.15) is 41.5 Å². The fourth-order valence-electron chi connectivity index (χ4n) is 10.2. The van der Waals surface area contributed by atoms with Gasteiger partial charge in [-0.15, -0.1) is 0 Å². The van der Waals surface area contributed by atoms with Crippen LogP contribution in [-0.4, -0.2) is 78.7 Å². The Labute approximate surface area is 368 Å². The van der Waals surface area contributed by atoms with Crippen molar-refractivity contribution in [2.24, 2.45) is 0 Å². The molecule has 3 fully saturated rings. The summed E-state index contributed by atoms with van der Waals surface area (Å²) in [6, 6.07) is 12.5. The molecule has 6 aromatic rings. The van der Waals surface area contributed by atoms with Crippen molar-refractivity contribution in [3.8, 4) is 0 Å². The van der Waals surface area contributed by atoms with Gasteiger partial charge >= 0.3 is 8.60 Å². The highest BCUT2D eigenvalue weighted by molar-refractivity contribution is 7.39. The van der Waals surface area contributed by atoms with Gasteiger partial charge in [-0.25, -0.2) is 31.9 Å². The number of carbonyl (C=O) groups excluding carboxylic acids is 1. The lowest BCUT2D eigenvalue weighted by atomic mass is 9.89.